The first kappa shape index (κ1) is 20.8. The maximum Gasteiger partial charge on any atom is 0.268 e. The minimum atomic E-state index is -2.10. The molecule has 6 nitrogen and oxygen atoms in total. The Morgan fingerprint density at radius 1 is 1.16 bits per heavy atom. The van der Waals surface area contributed by atoms with E-state index in [9.17, 15) is 19.1 Å². The molecule has 0 aliphatic carbocycles. The number of hydrogen-bond donors (Lipinski definition) is 2. The molecule has 2 amide bonds. The Bertz CT molecular complexity index is 1190. The lowest BCUT2D eigenvalue weighted by Crippen LogP contribution is -2.44. The van der Waals surface area contributed by atoms with Crippen molar-refractivity contribution < 1.29 is 23.8 Å². The van der Waals surface area contributed by atoms with E-state index >= 15 is 0 Å². The second kappa shape index (κ2) is 8.02. The lowest BCUT2D eigenvalue weighted by molar-refractivity contribution is -0.133. The van der Waals surface area contributed by atoms with Crippen LogP contribution >= 0.6 is 11.6 Å². The van der Waals surface area contributed by atoms with Gasteiger partial charge in [-0.2, -0.15) is 0 Å². The number of amides is 2. The van der Waals surface area contributed by atoms with Crippen molar-refractivity contribution in [1.29, 1.82) is 0 Å². The average molecular weight is 441 g/mol. The molecule has 0 saturated carbocycles. The number of nitrogens with zero attached hydrogens (tertiary/aromatic N) is 1. The molecule has 4 rings (SSSR count). The highest BCUT2D eigenvalue weighted by molar-refractivity contribution is 6.31. The fourth-order valence-electron chi connectivity index (χ4n) is 3.70. The van der Waals surface area contributed by atoms with E-state index in [1.54, 1.807) is 36.4 Å². The Labute approximate surface area is 182 Å². The molecule has 158 valence electrons. The summed E-state index contributed by atoms with van der Waals surface area (Å²) >= 11 is 6.00. The fourth-order valence-corrected chi connectivity index (χ4v) is 3.87. The van der Waals surface area contributed by atoms with Gasteiger partial charge in [-0.05, 0) is 36.4 Å². The topological polar surface area (TPSA) is 78.9 Å². The van der Waals surface area contributed by atoms with E-state index in [1.807, 2.05) is 0 Å². The summed E-state index contributed by atoms with van der Waals surface area (Å²) in [6.45, 7) is -0.372. The summed E-state index contributed by atoms with van der Waals surface area (Å²) in [4.78, 5) is 27.2. The molecule has 0 unspecified atom stereocenters. The number of rotatable bonds is 5. The molecular weight excluding hydrogens is 423 g/mol. The number of anilines is 2. The van der Waals surface area contributed by atoms with Crippen LogP contribution in [-0.2, 0) is 15.2 Å². The van der Waals surface area contributed by atoms with E-state index in [4.69, 9.17) is 16.3 Å². The van der Waals surface area contributed by atoms with Crippen LogP contribution in [0.2, 0.25) is 5.02 Å². The molecule has 0 bridgehead atoms. The molecule has 2 N–H and O–H groups in total. The molecule has 8 heteroatoms. The number of carbonyl (C=O) groups is 2. The van der Waals surface area contributed by atoms with Gasteiger partial charge in [-0.25, -0.2) is 4.39 Å². The SMILES string of the molecule is COc1ccc(Cl)cc1NC(=O)CN1C(=O)[C@](O)(c2cccc(F)c2)c2ccccc21. The standard InChI is InChI=1S/C23H18ClFN2O4/c1-31-20-10-9-15(24)12-18(20)26-21(28)13-27-19-8-3-2-7-17(19)23(30,22(27)29)14-5-4-6-16(25)11-14/h2-12,30H,13H2,1H3,(H,26,28)/t23-/m0/s1. The van der Waals surface area contributed by atoms with E-state index < -0.39 is 23.2 Å². The van der Waals surface area contributed by atoms with Gasteiger partial charge in [0.25, 0.3) is 5.91 Å². The zero-order valence-electron chi connectivity index (χ0n) is 16.4. The molecule has 1 atom stereocenters. The van der Waals surface area contributed by atoms with Gasteiger partial charge in [-0.3, -0.25) is 14.5 Å². The zero-order valence-corrected chi connectivity index (χ0v) is 17.2. The van der Waals surface area contributed by atoms with Gasteiger partial charge in [-0.15, -0.1) is 0 Å². The highest BCUT2D eigenvalue weighted by Crippen LogP contribution is 2.44. The van der Waals surface area contributed by atoms with Gasteiger partial charge in [0.15, 0.2) is 5.60 Å². The third-order valence-corrected chi connectivity index (χ3v) is 5.35. The van der Waals surface area contributed by atoms with Gasteiger partial charge in [0.1, 0.15) is 18.1 Å². The first-order chi connectivity index (χ1) is 14.8. The van der Waals surface area contributed by atoms with E-state index in [0.29, 0.717) is 22.1 Å². The Hall–Kier alpha value is -3.42. The molecule has 0 radical (unpaired) electrons. The summed E-state index contributed by atoms with van der Waals surface area (Å²) in [5, 5.41) is 14.4. The predicted octanol–water partition coefficient (Wildman–Crippen LogP) is 3.71. The fraction of sp³-hybridized carbons (Fsp3) is 0.130. The van der Waals surface area contributed by atoms with Crippen molar-refractivity contribution in [2.75, 3.05) is 23.9 Å². The molecule has 0 aromatic heterocycles. The Kier molecular flexibility index (Phi) is 5.39. The zero-order chi connectivity index (χ0) is 22.2. The Morgan fingerprint density at radius 2 is 1.94 bits per heavy atom. The summed E-state index contributed by atoms with van der Waals surface area (Å²) in [5.41, 5.74) is -1.02. The first-order valence-corrected chi connectivity index (χ1v) is 9.75. The van der Waals surface area contributed by atoms with Crippen LogP contribution in [0.15, 0.2) is 66.7 Å². The number of ether oxygens (including phenoxy) is 1. The largest absolute Gasteiger partial charge is 0.495 e. The van der Waals surface area contributed by atoms with E-state index in [1.165, 1.54) is 36.3 Å². The highest BCUT2D eigenvalue weighted by Gasteiger charge is 2.51. The number of para-hydroxylation sites is 1. The predicted molar refractivity (Wildman–Crippen MR) is 115 cm³/mol. The third kappa shape index (κ3) is 3.62. The van der Waals surface area contributed by atoms with Gasteiger partial charge in [-0.1, -0.05) is 41.9 Å². The number of nitrogens with one attached hydrogen (secondary N) is 1. The molecule has 3 aromatic carbocycles. The lowest BCUT2D eigenvalue weighted by Gasteiger charge is -2.23. The average Bonchev–Trinajstić information content (AvgIpc) is 2.97. The monoisotopic (exact) mass is 440 g/mol. The maximum atomic E-state index is 13.8. The van der Waals surface area contributed by atoms with Crippen LogP contribution in [0.3, 0.4) is 0 Å². The number of fused-ring (bicyclic) bond motifs is 1. The molecule has 1 heterocycles. The van der Waals surface area contributed by atoms with Crippen LogP contribution in [0, 0.1) is 5.82 Å². The summed E-state index contributed by atoms with van der Waals surface area (Å²) in [6.07, 6.45) is 0. The van der Waals surface area contributed by atoms with Crippen LogP contribution in [0.5, 0.6) is 5.75 Å². The van der Waals surface area contributed by atoms with Gasteiger partial charge in [0.05, 0.1) is 18.5 Å². The van der Waals surface area contributed by atoms with Crippen LogP contribution in [0.1, 0.15) is 11.1 Å². The smallest absolute Gasteiger partial charge is 0.268 e. The molecule has 31 heavy (non-hydrogen) atoms. The molecule has 1 aliphatic heterocycles. The highest BCUT2D eigenvalue weighted by atomic mass is 35.5. The minimum absolute atomic E-state index is 0.0874. The van der Waals surface area contributed by atoms with Crippen molar-refractivity contribution in [1.82, 2.24) is 0 Å². The molecule has 0 saturated heterocycles. The number of methoxy groups -OCH3 is 1. The van der Waals surface area contributed by atoms with Gasteiger partial charge in [0.2, 0.25) is 5.91 Å². The van der Waals surface area contributed by atoms with Crippen LogP contribution in [0.25, 0.3) is 0 Å². The molecule has 1 aliphatic rings. The second-order valence-corrected chi connectivity index (χ2v) is 7.46. The van der Waals surface area contributed by atoms with Crippen molar-refractivity contribution in [3.63, 3.8) is 0 Å². The van der Waals surface area contributed by atoms with E-state index in [0.717, 1.165) is 6.07 Å². The molecule has 0 fully saturated rings. The van der Waals surface area contributed by atoms with E-state index in [-0.39, 0.29) is 17.7 Å². The Morgan fingerprint density at radius 3 is 2.68 bits per heavy atom. The van der Waals surface area contributed by atoms with Crippen LogP contribution in [0.4, 0.5) is 15.8 Å². The number of halogens is 2. The normalized spacial score (nSPS) is 17.4. The minimum Gasteiger partial charge on any atom is -0.495 e. The molecule has 0 spiro atoms. The number of benzene rings is 3. The summed E-state index contributed by atoms with van der Waals surface area (Å²) < 4.78 is 19.0. The van der Waals surface area contributed by atoms with Crippen molar-refractivity contribution in [3.8, 4) is 5.75 Å². The van der Waals surface area contributed by atoms with Gasteiger partial charge < -0.3 is 15.2 Å². The Balaban J connectivity index is 1.66. The first-order valence-electron chi connectivity index (χ1n) is 9.38. The third-order valence-electron chi connectivity index (χ3n) is 5.12. The molecular formula is C23H18ClFN2O4. The number of aliphatic hydroxyl groups is 1. The van der Waals surface area contributed by atoms with Crippen molar-refractivity contribution in [2.24, 2.45) is 0 Å². The van der Waals surface area contributed by atoms with Crippen molar-refractivity contribution in [3.05, 3.63) is 88.7 Å². The van der Waals surface area contributed by atoms with Crippen molar-refractivity contribution in [2.45, 2.75) is 5.60 Å². The summed E-state index contributed by atoms with van der Waals surface area (Å²) in [7, 11) is 1.46. The quantitative estimate of drug-likeness (QED) is 0.634. The number of carbonyl (C=O) groups excluding carboxylic acids is 2. The van der Waals surface area contributed by atoms with Gasteiger partial charge >= 0.3 is 0 Å². The van der Waals surface area contributed by atoms with Crippen LogP contribution < -0.4 is 15.0 Å². The van der Waals surface area contributed by atoms with Crippen molar-refractivity contribution >= 4 is 34.8 Å². The molecule has 3 aromatic rings. The summed E-state index contributed by atoms with van der Waals surface area (Å²) in [5.74, 6) is -1.44. The number of hydrogen-bond acceptors (Lipinski definition) is 4. The lowest BCUT2D eigenvalue weighted by atomic mass is 9.87. The van der Waals surface area contributed by atoms with Gasteiger partial charge in [0, 0.05) is 16.1 Å². The summed E-state index contributed by atoms with van der Waals surface area (Å²) in [6, 6.07) is 16.5. The van der Waals surface area contributed by atoms with E-state index in [2.05, 4.69) is 5.32 Å². The maximum absolute atomic E-state index is 13.8. The van der Waals surface area contributed by atoms with Crippen LogP contribution in [-0.4, -0.2) is 30.6 Å². The second-order valence-electron chi connectivity index (χ2n) is 7.02.